The molecular formula is C33H34N6O. The summed E-state index contributed by atoms with van der Waals surface area (Å²) >= 11 is 0. The van der Waals surface area contributed by atoms with Gasteiger partial charge >= 0.3 is 0 Å². The van der Waals surface area contributed by atoms with Gasteiger partial charge in [0.15, 0.2) is 0 Å². The predicted molar refractivity (Wildman–Crippen MR) is 159 cm³/mol. The maximum atomic E-state index is 13.3. The van der Waals surface area contributed by atoms with E-state index in [0.29, 0.717) is 24.6 Å². The van der Waals surface area contributed by atoms with Crippen LogP contribution in [-0.4, -0.2) is 37.9 Å². The number of pyridine rings is 1. The summed E-state index contributed by atoms with van der Waals surface area (Å²) in [5.74, 6) is 1.93. The second-order valence-electron chi connectivity index (χ2n) is 10.6. The third kappa shape index (κ3) is 6.86. The maximum Gasteiger partial charge on any atom is 0.205 e. The van der Waals surface area contributed by atoms with Crippen molar-refractivity contribution in [3.63, 3.8) is 0 Å². The van der Waals surface area contributed by atoms with Crippen molar-refractivity contribution < 1.29 is 4.79 Å². The first-order chi connectivity index (χ1) is 19.4. The number of ketones is 1. The Morgan fingerprint density at radius 1 is 0.825 bits per heavy atom. The standard InChI is InChI=1S/C33H34N6O/c1-23(2)21-39(22-26-9-5-4-6-10-26)32-20-27(18-28(40)17-25-15-13-24(3)14-16-25)19-31(34-32)29-11-7-8-12-30(29)33-35-37-38-36-33/h4-16,19-20,23H,17-18,21-22H2,1-3H3,(H,35,36,37,38). The summed E-state index contributed by atoms with van der Waals surface area (Å²) in [6, 6.07) is 30.6. The van der Waals surface area contributed by atoms with Crippen LogP contribution in [0.2, 0.25) is 0 Å². The van der Waals surface area contributed by atoms with E-state index in [1.165, 1.54) is 11.1 Å². The zero-order valence-corrected chi connectivity index (χ0v) is 23.2. The van der Waals surface area contributed by atoms with Crippen molar-refractivity contribution >= 4 is 11.6 Å². The lowest BCUT2D eigenvalue weighted by Gasteiger charge is -2.27. The van der Waals surface area contributed by atoms with Crippen molar-refractivity contribution in [1.82, 2.24) is 25.6 Å². The molecule has 202 valence electrons. The van der Waals surface area contributed by atoms with Gasteiger partial charge in [0.2, 0.25) is 5.82 Å². The zero-order chi connectivity index (χ0) is 27.9. The summed E-state index contributed by atoms with van der Waals surface area (Å²) in [7, 11) is 0. The Hall–Kier alpha value is -4.65. The zero-order valence-electron chi connectivity index (χ0n) is 23.2. The highest BCUT2D eigenvalue weighted by Crippen LogP contribution is 2.31. The summed E-state index contributed by atoms with van der Waals surface area (Å²) in [4.78, 5) is 20.7. The Morgan fingerprint density at radius 3 is 2.23 bits per heavy atom. The van der Waals surface area contributed by atoms with Crippen molar-refractivity contribution in [3.05, 3.63) is 113 Å². The van der Waals surface area contributed by atoms with Crippen LogP contribution in [0.1, 0.15) is 36.1 Å². The van der Waals surface area contributed by atoms with Crippen molar-refractivity contribution in [2.75, 3.05) is 11.4 Å². The summed E-state index contributed by atoms with van der Waals surface area (Å²) in [5, 5.41) is 14.7. The van der Waals surface area contributed by atoms with Crippen LogP contribution in [0.4, 0.5) is 5.82 Å². The lowest BCUT2D eigenvalue weighted by atomic mass is 9.98. The lowest BCUT2D eigenvalue weighted by molar-refractivity contribution is -0.117. The minimum Gasteiger partial charge on any atom is -0.352 e. The molecule has 0 fully saturated rings. The van der Waals surface area contributed by atoms with Crippen molar-refractivity contribution in [3.8, 4) is 22.6 Å². The molecule has 0 aliphatic carbocycles. The predicted octanol–water partition coefficient (Wildman–Crippen LogP) is 6.25. The van der Waals surface area contributed by atoms with Gasteiger partial charge in [-0.25, -0.2) is 4.98 Å². The Balaban J connectivity index is 1.55. The van der Waals surface area contributed by atoms with Gasteiger partial charge in [-0.2, -0.15) is 5.21 Å². The number of nitrogens with zero attached hydrogens (tertiary/aromatic N) is 5. The number of rotatable bonds is 11. The number of hydrogen-bond donors (Lipinski definition) is 1. The molecule has 5 aromatic rings. The molecule has 0 spiro atoms. The van der Waals surface area contributed by atoms with E-state index in [-0.39, 0.29) is 5.78 Å². The van der Waals surface area contributed by atoms with Crippen LogP contribution < -0.4 is 4.90 Å². The first-order valence-electron chi connectivity index (χ1n) is 13.6. The fourth-order valence-corrected chi connectivity index (χ4v) is 4.86. The van der Waals surface area contributed by atoms with E-state index in [2.05, 4.69) is 76.6 Å². The number of Topliss-reactive ketones (excluding diaryl/α,β-unsaturated/α-hetero) is 1. The number of nitrogens with one attached hydrogen (secondary N) is 1. The molecule has 7 heteroatoms. The molecule has 0 unspecified atom stereocenters. The van der Waals surface area contributed by atoms with E-state index >= 15 is 0 Å². The molecule has 2 aromatic heterocycles. The Labute approximate surface area is 235 Å². The van der Waals surface area contributed by atoms with Gasteiger partial charge in [-0.15, -0.1) is 10.2 Å². The van der Waals surface area contributed by atoms with Crippen LogP contribution in [-0.2, 0) is 24.2 Å². The molecule has 0 aliphatic heterocycles. The summed E-state index contributed by atoms with van der Waals surface area (Å²) in [6.07, 6.45) is 0.716. The van der Waals surface area contributed by atoms with Crippen LogP contribution in [0, 0.1) is 12.8 Å². The fraction of sp³-hybridized carbons (Fsp3) is 0.242. The number of H-pyrrole nitrogens is 1. The summed E-state index contributed by atoms with van der Waals surface area (Å²) in [5.41, 5.74) is 6.85. The number of aryl methyl sites for hydroxylation is 1. The second-order valence-corrected chi connectivity index (χ2v) is 10.6. The highest BCUT2D eigenvalue weighted by atomic mass is 16.1. The van der Waals surface area contributed by atoms with E-state index in [1.807, 2.05) is 60.7 Å². The average molecular weight is 531 g/mol. The van der Waals surface area contributed by atoms with E-state index < -0.39 is 0 Å². The van der Waals surface area contributed by atoms with Gasteiger partial charge in [-0.05, 0) is 46.9 Å². The van der Waals surface area contributed by atoms with E-state index in [9.17, 15) is 4.79 Å². The molecule has 7 nitrogen and oxygen atoms in total. The molecule has 3 aromatic carbocycles. The van der Waals surface area contributed by atoms with E-state index in [0.717, 1.165) is 46.9 Å². The number of aromatic amines is 1. The van der Waals surface area contributed by atoms with E-state index in [4.69, 9.17) is 4.98 Å². The average Bonchev–Trinajstić information content (AvgIpc) is 3.49. The smallest absolute Gasteiger partial charge is 0.205 e. The Bertz CT molecular complexity index is 1550. The Kier molecular flexibility index (Phi) is 8.40. The largest absolute Gasteiger partial charge is 0.352 e. The van der Waals surface area contributed by atoms with Gasteiger partial charge in [0, 0.05) is 37.1 Å². The molecule has 2 heterocycles. The molecule has 0 amide bonds. The van der Waals surface area contributed by atoms with Crippen LogP contribution >= 0.6 is 0 Å². The van der Waals surface area contributed by atoms with Crippen LogP contribution in [0.25, 0.3) is 22.6 Å². The first-order valence-corrected chi connectivity index (χ1v) is 13.6. The van der Waals surface area contributed by atoms with Gasteiger partial charge in [-0.3, -0.25) is 4.79 Å². The minimum absolute atomic E-state index is 0.164. The molecule has 40 heavy (non-hydrogen) atoms. The van der Waals surface area contributed by atoms with E-state index in [1.54, 1.807) is 0 Å². The quantitative estimate of drug-likeness (QED) is 0.217. The summed E-state index contributed by atoms with van der Waals surface area (Å²) < 4.78 is 0. The number of anilines is 1. The Morgan fingerprint density at radius 2 is 1.52 bits per heavy atom. The molecule has 0 saturated carbocycles. The van der Waals surface area contributed by atoms with Crippen LogP contribution in [0.15, 0.2) is 91.0 Å². The number of carbonyl (C=O) groups excluding carboxylic acids is 1. The molecule has 0 atom stereocenters. The van der Waals surface area contributed by atoms with Crippen molar-refractivity contribution in [2.24, 2.45) is 5.92 Å². The van der Waals surface area contributed by atoms with Crippen LogP contribution in [0.3, 0.4) is 0 Å². The summed E-state index contributed by atoms with van der Waals surface area (Å²) in [6.45, 7) is 8.02. The molecule has 0 aliphatic rings. The highest BCUT2D eigenvalue weighted by Gasteiger charge is 2.18. The molecule has 0 radical (unpaired) electrons. The number of aromatic nitrogens is 5. The number of hydrogen-bond acceptors (Lipinski definition) is 6. The minimum atomic E-state index is 0.164. The van der Waals surface area contributed by atoms with Gasteiger partial charge in [-0.1, -0.05) is 98.3 Å². The first kappa shape index (κ1) is 26.9. The molecular weight excluding hydrogens is 496 g/mol. The highest BCUT2D eigenvalue weighted by molar-refractivity contribution is 5.84. The third-order valence-electron chi connectivity index (χ3n) is 6.71. The SMILES string of the molecule is Cc1ccc(CC(=O)Cc2cc(-c3ccccc3-c3nn[nH]n3)nc(N(Cc3ccccc3)CC(C)C)c2)cc1. The van der Waals surface area contributed by atoms with Gasteiger partial charge in [0.1, 0.15) is 11.6 Å². The maximum absolute atomic E-state index is 13.3. The monoisotopic (exact) mass is 530 g/mol. The third-order valence-corrected chi connectivity index (χ3v) is 6.71. The van der Waals surface area contributed by atoms with Gasteiger partial charge in [0.05, 0.1) is 5.69 Å². The molecule has 0 saturated heterocycles. The number of carbonyl (C=O) groups is 1. The van der Waals surface area contributed by atoms with Gasteiger partial charge < -0.3 is 4.90 Å². The van der Waals surface area contributed by atoms with Crippen molar-refractivity contribution in [1.29, 1.82) is 0 Å². The van der Waals surface area contributed by atoms with Crippen LogP contribution in [0.5, 0.6) is 0 Å². The topological polar surface area (TPSA) is 87.7 Å². The fourth-order valence-electron chi connectivity index (χ4n) is 4.86. The van der Waals surface area contributed by atoms with Gasteiger partial charge in [0.25, 0.3) is 0 Å². The number of benzene rings is 3. The molecule has 0 bridgehead atoms. The normalized spacial score (nSPS) is 11.1. The number of tetrazole rings is 1. The molecule has 1 N–H and O–H groups in total. The van der Waals surface area contributed by atoms with Crippen molar-refractivity contribution in [2.45, 2.75) is 40.2 Å². The lowest BCUT2D eigenvalue weighted by Crippen LogP contribution is -2.28. The second kappa shape index (κ2) is 12.5. The molecule has 5 rings (SSSR count).